The molecule has 0 saturated carbocycles. The average Bonchev–Trinajstić information content (AvgIpc) is 3.55. The molecule has 0 aliphatic carbocycles. The highest BCUT2D eigenvalue weighted by Crippen LogP contribution is 2.46. The Labute approximate surface area is 194 Å². The van der Waals surface area contributed by atoms with Crippen molar-refractivity contribution in [1.29, 1.82) is 0 Å². The van der Waals surface area contributed by atoms with Gasteiger partial charge in [0.1, 0.15) is 17.6 Å². The Bertz CT molecular complexity index is 1280. The molecule has 168 valence electrons. The van der Waals surface area contributed by atoms with Crippen molar-refractivity contribution in [2.45, 2.75) is 19.9 Å². The van der Waals surface area contributed by atoms with Gasteiger partial charge in [-0.2, -0.15) is 0 Å². The number of amides is 1. The van der Waals surface area contributed by atoms with Crippen LogP contribution in [0.3, 0.4) is 0 Å². The number of nitrogens with zero attached hydrogens (tertiary/aromatic N) is 1. The topological polar surface area (TPSA) is 85.3 Å². The molecule has 5 rings (SSSR count). The third-order valence-corrected chi connectivity index (χ3v) is 6.56. The molecule has 1 atom stereocenters. The first kappa shape index (κ1) is 21.1. The van der Waals surface area contributed by atoms with E-state index in [1.807, 2.05) is 31.4 Å². The van der Waals surface area contributed by atoms with Crippen LogP contribution >= 0.6 is 11.3 Å². The number of ketones is 1. The molecule has 2 aliphatic rings. The van der Waals surface area contributed by atoms with E-state index in [4.69, 9.17) is 14.2 Å². The monoisotopic (exact) mass is 463 g/mol. The first-order valence-corrected chi connectivity index (χ1v) is 11.4. The molecule has 1 amide bonds. The number of fused-ring (bicyclic) bond motifs is 1. The largest absolute Gasteiger partial charge is 0.507 e. The fourth-order valence-corrected chi connectivity index (χ4v) is 4.94. The summed E-state index contributed by atoms with van der Waals surface area (Å²) >= 11 is 1.41. The van der Waals surface area contributed by atoms with Crippen LogP contribution in [0.25, 0.3) is 5.76 Å². The highest BCUT2D eigenvalue weighted by atomic mass is 32.1. The van der Waals surface area contributed by atoms with Crippen LogP contribution in [0.1, 0.15) is 29.0 Å². The molecule has 1 unspecified atom stereocenters. The smallest absolute Gasteiger partial charge is 0.300 e. The van der Waals surface area contributed by atoms with E-state index in [1.165, 1.54) is 16.2 Å². The van der Waals surface area contributed by atoms with Crippen molar-refractivity contribution in [1.82, 2.24) is 0 Å². The first-order valence-electron chi connectivity index (χ1n) is 10.5. The minimum absolute atomic E-state index is 0.0451. The van der Waals surface area contributed by atoms with Crippen LogP contribution in [-0.4, -0.2) is 30.2 Å². The van der Waals surface area contributed by atoms with Gasteiger partial charge in [0.05, 0.1) is 12.2 Å². The molecule has 33 heavy (non-hydrogen) atoms. The minimum atomic E-state index is -0.766. The lowest BCUT2D eigenvalue weighted by atomic mass is 9.98. The quantitative estimate of drug-likeness (QED) is 0.332. The number of Topliss-reactive ketones (excluding diaryl/α,β-unsaturated/α-hetero) is 1. The van der Waals surface area contributed by atoms with Gasteiger partial charge in [-0.1, -0.05) is 6.07 Å². The fraction of sp³-hybridized carbons (Fsp3) is 0.200. The molecule has 0 radical (unpaired) electrons. The molecule has 2 aliphatic heterocycles. The van der Waals surface area contributed by atoms with Crippen LogP contribution in [-0.2, 0) is 9.59 Å². The van der Waals surface area contributed by atoms with E-state index in [9.17, 15) is 14.7 Å². The van der Waals surface area contributed by atoms with E-state index < -0.39 is 17.7 Å². The van der Waals surface area contributed by atoms with Crippen molar-refractivity contribution < 1.29 is 28.9 Å². The molecule has 0 bridgehead atoms. The second kappa shape index (κ2) is 8.29. The van der Waals surface area contributed by atoms with Crippen LogP contribution in [0.2, 0.25) is 0 Å². The number of carbonyl (C=O) groups excluding carboxylic acids is 2. The van der Waals surface area contributed by atoms with Gasteiger partial charge in [0.15, 0.2) is 11.5 Å². The second-order valence-electron chi connectivity index (χ2n) is 7.64. The zero-order valence-corrected chi connectivity index (χ0v) is 18.8. The summed E-state index contributed by atoms with van der Waals surface area (Å²) in [4.78, 5) is 28.6. The second-order valence-corrected chi connectivity index (χ2v) is 8.61. The Kier molecular flexibility index (Phi) is 5.30. The number of rotatable bonds is 5. The zero-order chi connectivity index (χ0) is 23.1. The molecule has 1 aromatic heterocycles. The number of benzene rings is 2. The van der Waals surface area contributed by atoms with E-state index in [1.54, 1.807) is 36.4 Å². The van der Waals surface area contributed by atoms with E-state index in [-0.39, 0.29) is 18.1 Å². The number of thiophene rings is 1. The number of aryl methyl sites for hydroxylation is 1. The van der Waals surface area contributed by atoms with Crippen molar-refractivity contribution in [2.75, 3.05) is 18.3 Å². The van der Waals surface area contributed by atoms with Gasteiger partial charge in [0, 0.05) is 22.2 Å². The molecule has 8 heteroatoms. The number of hydrogen-bond donors (Lipinski definition) is 1. The molecule has 3 heterocycles. The summed E-state index contributed by atoms with van der Waals surface area (Å²) in [5, 5.41) is 13.1. The van der Waals surface area contributed by atoms with Gasteiger partial charge < -0.3 is 19.3 Å². The van der Waals surface area contributed by atoms with Crippen molar-refractivity contribution in [3.05, 3.63) is 75.5 Å². The zero-order valence-electron chi connectivity index (χ0n) is 18.0. The predicted molar refractivity (Wildman–Crippen MR) is 124 cm³/mol. The number of ether oxygens (including phenoxy) is 3. The fourth-order valence-electron chi connectivity index (χ4n) is 4.12. The van der Waals surface area contributed by atoms with Crippen molar-refractivity contribution >= 4 is 34.5 Å². The number of aliphatic hydroxyl groups excluding tert-OH is 1. The standard InChI is InChI=1S/C25H21NO6S/c1-3-30-17-8-6-15(11-14(17)2)23(27)21-22(20-5-4-10-33-20)26(25(29)24(21)28)16-7-9-18-19(12-16)32-13-31-18/h4-12,22,27H,3,13H2,1-2H3/b23-21-. The van der Waals surface area contributed by atoms with Crippen LogP contribution in [0.4, 0.5) is 5.69 Å². The highest BCUT2D eigenvalue weighted by molar-refractivity contribution is 7.10. The summed E-state index contributed by atoms with van der Waals surface area (Å²) in [6.07, 6.45) is 0. The summed E-state index contributed by atoms with van der Waals surface area (Å²) in [6, 6.07) is 13.2. The van der Waals surface area contributed by atoms with Gasteiger partial charge in [-0.25, -0.2) is 0 Å². The third-order valence-electron chi connectivity index (χ3n) is 5.64. The summed E-state index contributed by atoms with van der Waals surface area (Å²) in [5.41, 5.74) is 1.80. The molecule has 1 fully saturated rings. The Hall–Kier alpha value is -3.78. The van der Waals surface area contributed by atoms with Crippen molar-refractivity contribution in [2.24, 2.45) is 0 Å². The van der Waals surface area contributed by atoms with Gasteiger partial charge >= 0.3 is 0 Å². The lowest BCUT2D eigenvalue weighted by Crippen LogP contribution is -2.29. The van der Waals surface area contributed by atoms with Crippen LogP contribution < -0.4 is 19.1 Å². The van der Waals surface area contributed by atoms with E-state index in [0.29, 0.717) is 35.1 Å². The van der Waals surface area contributed by atoms with Crippen LogP contribution in [0, 0.1) is 6.92 Å². The molecular formula is C25H21NO6S. The van der Waals surface area contributed by atoms with Crippen molar-refractivity contribution in [3.8, 4) is 17.2 Å². The first-order chi connectivity index (χ1) is 16.0. The van der Waals surface area contributed by atoms with E-state index >= 15 is 0 Å². The summed E-state index contributed by atoms with van der Waals surface area (Å²) in [7, 11) is 0. The maximum absolute atomic E-state index is 13.2. The predicted octanol–water partition coefficient (Wildman–Crippen LogP) is 4.81. The SMILES string of the molecule is CCOc1ccc(/C(O)=C2/C(=O)C(=O)N(c3ccc4c(c3)OCO4)C2c2cccs2)cc1C. The van der Waals surface area contributed by atoms with Crippen LogP contribution in [0.5, 0.6) is 17.2 Å². The molecule has 3 aromatic rings. The van der Waals surface area contributed by atoms with Gasteiger partial charge in [0.2, 0.25) is 6.79 Å². The highest BCUT2D eigenvalue weighted by Gasteiger charge is 2.47. The summed E-state index contributed by atoms with van der Waals surface area (Å²) < 4.78 is 16.4. The van der Waals surface area contributed by atoms with Gasteiger partial charge in [0.25, 0.3) is 11.7 Å². The average molecular weight is 464 g/mol. The Morgan fingerprint density at radius 3 is 2.70 bits per heavy atom. The normalized spacial score (nSPS) is 18.7. The Morgan fingerprint density at radius 1 is 1.15 bits per heavy atom. The minimum Gasteiger partial charge on any atom is -0.507 e. The van der Waals surface area contributed by atoms with E-state index in [2.05, 4.69) is 0 Å². The molecule has 1 N–H and O–H groups in total. The number of hydrogen-bond acceptors (Lipinski definition) is 7. The maximum Gasteiger partial charge on any atom is 0.300 e. The number of anilines is 1. The molecule has 7 nitrogen and oxygen atoms in total. The molecule has 2 aromatic carbocycles. The lowest BCUT2D eigenvalue weighted by molar-refractivity contribution is -0.132. The summed E-state index contributed by atoms with van der Waals surface area (Å²) in [6.45, 7) is 4.38. The summed E-state index contributed by atoms with van der Waals surface area (Å²) in [5.74, 6) is 0.103. The van der Waals surface area contributed by atoms with Gasteiger partial charge in [-0.15, -0.1) is 11.3 Å². The molecule has 1 saturated heterocycles. The lowest BCUT2D eigenvalue weighted by Gasteiger charge is -2.24. The Balaban J connectivity index is 1.65. The van der Waals surface area contributed by atoms with Crippen molar-refractivity contribution in [3.63, 3.8) is 0 Å². The van der Waals surface area contributed by atoms with E-state index in [0.717, 1.165) is 10.4 Å². The Morgan fingerprint density at radius 2 is 1.97 bits per heavy atom. The molecular weight excluding hydrogens is 442 g/mol. The van der Waals surface area contributed by atoms with Gasteiger partial charge in [-0.05, 0) is 61.2 Å². The van der Waals surface area contributed by atoms with Crippen LogP contribution in [0.15, 0.2) is 59.5 Å². The maximum atomic E-state index is 13.2. The molecule has 0 spiro atoms. The van der Waals surface area contributed by atoms with Gasteiger partial charge in [-0.3, -0.25) is 14.5 Å². The third kappa shape index (κ3) is 3.52. The number of carbonyl (C=O) groups is 2. The number of aliphatic hydroxyl groups is 1.